The molecule has 4 aromatic carbocycles. The van der Waals surface area contributed by atoms with Crippen LogP contribution >= 0.6 is 0 Å². The molecule has 0 aliphatic heterocycles. The molecule has 0 amide bonds. The topological polar surface area (TPSA) is 0 Å². The number of rotatable bonds is 2. The van der Waals surface area contributed by atoms with Crippen LogP contribution in [0.15, 0.2) is 85.4 Å². The van der Waals surface area contributed by atoms with Crippen LogP contribution in [0.2, 0.25) is 0 Å². The maximum Gasteiger partial charge on any atom is -0.00759 e. The van der Waals surface area contributed by atoms with Crippen molar-refractivity contribution in [2.24, 2.45) is 0 Å². The van der Waals surface area contributed by atoms with E-state index < -0.39 is 0 Å². The van der Waals surface area contributed by atoms with Gasteiger partial charge < -0.3 is 0 Å². The summed E-state index contributed by atoms with van der Waals surface area (Å²) in [5.74, 6) is 0. The first kappa shape index (κ1) is 27.9. The first-order chi connectivity index (χ1) is 15.9. The van der Waals surface area contributed by atoms with Crippen LogP contribution in [-0.4, -0.2) is 0 Å². The van der Waals surface area contributed by atoms with E-state index >= 15 is 0 Å². The molecule has 0 saturated heterocycles. The van der Waals surface area contributed by atoms with E-state index in [1.165, 1.54) is 49.7 Å². The highest BCUT2D eigenvalue weighted by Gasteiger charge is 2.11. The van der Waals surface area contributed by atoms with Crippen molar-refractivity contribution in [1.82, 2.24) is 0 Å². The number of fused-ring (bicyclic) bond motifs is 1. The highest BCUT2D eigenvalue weighted by molar-refractivity contribution is 6.00. The van der Waals surface area contributed by atoms with Gasteiger partial charge in [-0.3, -0.25) is 0 Å². The molecule has 0 aromatic heterocycles. The lowest BCUT2D eigenvalue weighted by atomic mass is 9.88. The molecule has 0 heteroatoms. The van der Waals surface area contributed by atoms with Crippen LogP contribution in [0.1, 0.15) is 62.4 Å². The van der Waals surface area contributed by atoms with Crippen molar-refractivity contribution >= 4 is 16.3 Å². The molecule has 0 radical (unpaired) electrons. The zero-order valence-corrected chi connectivity index (χ0v) is 22.2. The Balaban J connectivity index is 0.000000380. The fourth-order valence-corrected chi connectivity index (χ4v) is 3.73. The quantitative estimate of drug-likeness (QED) is 0.292. The normalized spacial score (nSPS) is 9.48. The third-order valence-corrected chi connectivity index (χ3v) is 5.45. The summed E-state index contributed by atoms with van der Waals surface area (Å²) in [6.45, 7) is 22.9. The Morgan fingerprint density at radius 3 is 1.61 bits per heavy atom. The van der Waals surface area contributed by atoms with Gasteiger partial charge in [-0.2, -0.15) is 0 Å². The summed E-state index contributed by atoms with van der Waals surface area (Å²) in [6.07, 6.45) is 0. The zero-order chi connectivity index (χ0) is 25.0. The average molecular weight is 439 g/mol. The summed E-state index contributed by atoms with van der Waals surface area (Å²) in [5, 5.41) is 2.55. The predicted octanol–water partition coefficient (Wildman–Crippen LogP) is 10.5. The molecule has 4 aromatic rings. The van der Waals surface area contributed by atoms with E-state index in [1.54, 1.807) is 0 Å². The molecular formula is C33H42. The Bertz CT molecular complexity index is 1140. The SMILES string of the molecule is C=C(C)c1c(-c2ccc(C)cc2C)ccc2ccccc12.CC.CC.Cc1ccccc1C. The number of aryl methyl sites for hydroxylation is 4. The zero-order valence-electron chi connectivity index (χ0n) is 22.2. The van der Waals surface area contributed by atoms with Crippen LogP contribution in [-0.2, 0) is 0 Å². The van der Waals surface area contributed by atoms with Crippen LogP contribution < -0.4 is 0 Å². The Morgan fingerprint density at radius 1 is 0.576 bits per heavy atom. The van der Waals surface area contributed by atoms with Crippen molar-refractivity contribution in [2.75, 3.05) is 0 Å². The van der Waals surface area contributed by atoms with Crippen molar-refractivity contribution in [2.45, 2.75) is 62.3 Å². The van der Waals surface area contributed by atoms with Crippen LogP contribution in [0, 0.1) is 27.7 Å². The largest absolute Gasteiger partial charge is 0.0955 e. The summed E-state index contributed by atoms with van der Waals surface area (Å²) in [5.41, 5.74) is 10.3. The van der Waals surface area contributed by atoms with E-state index in [0.717, 1.165) is 5.57 Å². The van der Waals surface area contributed by atoms with Gasteiger partial charge in [-0.15, -0.1) is 0 Å². The van der Waals surface area contributed by atoms with Gasteiger partial charge in [-0.1, -0.05) is 119 Å². The van der Waals surface area contributed by atoms with Gasteiger partial charge >= 0.3 is 0 Å². The molecule has 0 spiro atoms. The van der Waals surface area contributed by atoms with Gasteiger partial charge in [0.15, 0.2) is 0 Å². The highest BCUT2D eigenvalue weighted by Crippen LogP contribution is 2.36. The molecule has 0 aliphatic carbocycles. The van der Waals surface area contributed by atoms with Crippen molar-refractivity contribution < 1.29 is 0 Å². The molecule has 4 rings (SSSR count). The minimum absolute atomic E-state index is 1.11. The molecule has 0 fully saturated rings. The second kappa shape index (κ2) is 14.1. The molecule has 0 N–H and O–H groups in total. The second-order valence-electron chi connectivity index (χ2n) is 7.89. The Kier molecular flexibility index (Phi) is 11.9. The molecule has 0 heterocycles. The van der Waals surface area contributed by atoms with E-state index in [-0.39, 0.29) is 0 Å². The van der Waals surface area contributed by atoms with Gasteiger partial charge in [-0.05, 0) is 84.3 Å². The molecule has 0 atom stereocenters. The maximum atomic E-state index is 4.21. The summed E-state index contributed by atoms with van der Waals surface area (Å²) in [6, 6.07) is 28.0. The minimum atomic E-state index is 1.11. The fraction of sp³-hybridized carbons (Fsp3) is 0.273. The molecule has 0 saturated carbocycles. The Labute approximate surface area is 203 Å². The summed E-state index contributed by atoms with van der Waals surface area (Å²) < 4.78 is 0. The van der Waals surface area contributed by atoms with Crippen molar-refractivity contribution in [3.05, 3.63) is 113 Å². The second-order valence-corrected chi connectivity index (χ2v) is 7.89. The monoisotopic (exact) mass is 438 g/mol. The van der Waals surface area contributed by atoms with Crippen LogP contribution in [0.3, 0.4) is 0 Å². The number of hydrogen-bond acceptors (Lipinski definition) is 0. The Hall–Kier alpha value is -3.12. The lowest BCUT2D eigenvalue weighted by molar-refractivity contribution is 1.34. The average Bonchev–Trinajstić information content (AvgIpc) is 2.83. The number of hydrogen-bond donors (Lipinski definition) is 0. The minimum Gasteiger partial charge on any atom is -0.0955 e. The van der Waals surface area contributed by atoms with E-state index in [2.05, 4.69) is 120 Å². The van der Waals surface area contributed by atoms with Crippen LogP contribution in [0.5, 0.6) is 0 Å². The first-order valence-electron chi connectivity index (χ1n) is 12.2. The standard InChI is InChI=1S/C21H20.C8H10.2C2H6/c1-14(2)21-19-8-6-5-7-17(19)10-12-20(21)18-11-9-15(3)13-16(18)4;1-7-5-3-4-6-8(7)2;2*1-2/h5-13H,1H2,2-4H3;3-6H,1-2H3;2*1-2H3. The maximum absolute atomic E-state index is 4.21. The smallest absolute Gasteiger partial charge is 0.00759 e. The molecule has 0 unspecified atom stereocenters. The van der Waals surface area contributed by atoms with Gasteiger partial charge in [0, 0.05) is 0 Å². The van der Waals surface area contributed by atoms with E-state index in [4.69, 9.17) is 0 Å². The van der Waals surface area contributed by atoms with E-state index in [9.17, 15) is 0 Å². The van der Waals surface area contributed by atoms with E-state index in [0.29, 0.717) is 0 Å². The van der Waals surface area contributed by atoms with Gasteiger partial charge in [0.25, 0.3) is 0 Å². The van der Waals surface area contributed by atoms with Gasteiger partial charge in [0.1, 0.15) is 0 Å². The highest BCUT2D eigenvalue weighted by atomic mass is 14.2. The van der Waals surface area contributed by atoms with Gasteiger partial charge in [-0.25, -0.2) is 0 Å². The lowest BCUT2D eigenvalue weighted by Gasteiger charge is -2.15. The van der Waals surface area contributed by atoms with Crippen molar-refractivity contribution in [3.8, 4) is 11.1 Å². The molecule has 0 aliphatic rings. The number of benzene rings is 4. The summed E-state index contributed by atoms with van der Waals surface area (Å²) in [4.78, 5) is 0. The summed E-state index contributed by atoms with van der Waals surface area (Å²) >= 11 is 0. The first-order valence-corrected chi connectivity index (χ1v) is 12.2. The fourth-order valence-electron chi connectivity index (χ4n) is 3.73. The summed E-state index contributed by atoms with van der Waals surface area (Å²) in [7, 11) is 0. The number of allylic oxidation sites excluding steroid dienone is 1. The van der Waals surface area contributed by atoms with Gasteiger partial charge in [0.2, 0.25) is 0 Å². The third-order valence-electron chi connectivity index (χ3n) is 5.45. The van der Waals surface area contributed by atoms with Crippen LogP contribution in [0.4, 0.5) is 0 Å². The molecular weight excluding hydrogens is 396 g/mol. The molecule has 174 valence electrons. The Morgan fingerprint density at radius 2 is 1.09 bits per heavy atom. The van der Waals surface area contributed by atoms with Gasteiger partial charge in [0.05, 0.1) is 0 Å². The molecule has 0 bridgehead atoms. The molecule has 0 nitrogen and oxygen atoms in total. The molecule has 33 heavy (non-hydrogen) atoms. The van der Waals surface area contributed by atoms with Crippen molar-refractivity contribution in [3.63, 3.8) is 0 Å². The lowest BCUT2D eigenvalue weighted by Crippen LogP contribution is -1.92. The van der Waals surface area contributed by atoms with Crippen LogP contribution in [0.25, 0.3) is 27.5 Å². The van der Waals surface area contributed by atoms with E-state index in [1.807, 2.05) is 27.7 Å². The third kappa shape index (κ3) is 7.46. The van der Waals surface area contributed by atoms with Crippen molar-refractivity contribution in [1.29, 1.82) is 0 Å². The predicted molar refractivity (Wildman–Crippen MR) is 152 cm³/mol.